The van der Waals surface area contributed by atoms with Crippen LogP contribution >= 0.6 is 0 Å². The van der Waals surface area contributed by atoms with E-state index in [2.05, 4.69) is 4.98 Å². The van der Waals surface area contributed by atoms with Crippen molar-refractivity contribution in [1.29, 1.82) is 0 Å². The molecule has 2 nitrogen and oxygen atoms in total. The molecule has 1 aromatic heterocycles. The molecule has 0 N–H and O–H groups in total. The SMILES string of the molecule is COc1cncc2ccccc12. The Labute approximate surface area is 70.8 Å². The lowest BCUT2D eigenvalue weighted by Crippen LogP contribution is -1.85. The number of hydrogen-bond acceptors (Lipinski definition) is 2. The Morgan fingerprint density at radius 2 is 2.00 bits per heavy atom. The molecular formula is C10H9NO. The van der Waals surface area contributed by atoms with Crippen molar-refractivity contribution < 1.29 is 4.74 Å². The van der Waals surface area contributed by atoms with Crippen LogP contribution in [0.3, 0.4) is 0 Å². The molecule has 1 heterocycles. The normalized spacial score (nSPS) is 10.1. The van der Waals surface area contributed by atoms with Crippen LogP contribution in [0.15, 0.2) is 36.7 Å². The second kappa shape index (κ2) is 2.81. The van der Waals surface area contributed by atoms with E-state index in [1.165, 1.54) is 0 Å². The van der Waals surface area contributed by atoms with Crippen LogP contribution in [0.1, 0.15) is 0 Å². The zero-order valence-corrected chi connectivity index (χ0v) is 6.82. The molecule has 0 bridgehead atoms. The van der Waals surface area contributed by atoms with E-state index < -0.39 is 0 Å². The van der Waals surface area contributed by atoms with Gasteiger partial charge in [-0.15, -0.1) is 0 Å². The zero-order chi connectivity index (χ0) is 8.39. The van der Waals surface area contributed by atoms with Crippen molar-refractivity contribution in [1.82, 2.24) is 4.98 Å². The fraction of sp³-hybridized carbons (Fsp3) is 0.100. The lowest BCUT2D eigenvalue weighted by molar-refractivity contribution is 0.418. The van der Waals surface area contributed by atoms with Crippen LogP contribution in [0.5, 0.6) is 5.75 Å². The van der Waals surface area contributed by atoms with Gasteiger partial charge in [-0.2, -0.15) is 0 Å². The van der Waals surface area contributed by atoms with Crippen LogP contribution in [0.25, 0.3) is 10.8 Å². The van der Waals surface area contributed by atoms with E-state index in [1.54, 1.807) is 13.3 Å². The number of fused-ring (bicyclic) bond motifs is 1. The maximum Gasteiger partial charge on any atom is 0.144 e. The standard InChI is InChI=1S/C10H9NO/c1-12-10-7-11-6-8-4-2-3-5-9(8)10/h2-7H,1H3. The predicted molar refractivity (Wildman–Crippen MR) is 48.3 cm³/mol. The largest absolute Gasteiger partial charge is 0.494 e. The molecule has 1 aromatic carbocycles. The number of hydrogen-bond donors (Lipinski definition) is 0. The van der Waals surface area contributed by atoms with Crippen molar-refractivity contribution in [3.05, 3.63) is 36.7 Å². The van der Waals surface area contributed by atoms with E-state index >= 15 is 0 Å². The third-order valence-corrected chi connectivity index (χ3v) is 1.85. The first-order valence-electron chi connectivity index (χ1n) is 3.78. The summed E-state index contributed by atoms with van der Waals surface area (Å²) in [5.41, 5.74) is 0. The molecule has 0 unspecified atom stereocenters. The van der Waals surface area contributed by atoms with Gasteiger partial charge in [0.1, 0.15) is 5.75 Å². The molecule has 0 spiro atoms. The molecule has 0 saturated heterocycles. The van der Waals surface area contributed by atoms with Gasteiger partial charge < -0.3 is 4.74 Å². The minimum atomic E-state index is 0.827. The molecule has 2 aromatic rings. The van der Waals surface area contributed by atoms with Crippen molar-refractivity contribution in [2.75, 3.05) is 7.11 Å². The highest BCUT2D eigenvalue weighted by atomic mass is 16.5. The van der Waals surface area contributed by atoms with Gasteiger partial charge in [-0.25, -0.2) is 0 Å². The van der Waals surface area contributed by atoms with E-state index in [4.69, 9.17) is 4.74 Å². The molecule has 0 aliphatic carbocycles. The van der Waals surface area contributed by atoms with Gasteiger partial charge in [0.25, 0.3) is 0 Å². The fourth-order valence-corrected chi connectivity index (χ4v) is 1.25. The molecule has 0 aliphatic heterocycles. The van der Waals surface area contributed by atoms with E-state index in [1.807, 2.05) is 30.5 Å². The Morgan fingerprint density at radius 1 is 1.17 bits per heavy atom. The first-order valence-corrected chi connectivity index (χ1v) is 3.78. The number of pyridine rings is 1. The molecule has 2 rings (SSSR count). The zero-order valence-electron chi connectivity index (χ0n) is 6.82. The average molecular weight is 159 g/mol. The van der Waals surface area contributed by atoms with Gasteiger partial charge in [0.15, 0.2) is 0 Å². The summed E-state index contributed by atoms with van der Waals surface area (Å²) in [4.78, 5) is 4.06. The summed E-state index contributed by atoms with van der Waals surface area (Å²) in [5.74, 6) is 0.827. The van der Waals surface area contributed by atoms with Gasteiger partial charge in [0, 0.05) is 17.0 Å². The first-order chi connectivity index (χ1) is 5.92. The van der Waals surface area contributed by atoms with Crippen molar-refractivity contribution in [2.45, 2.75) is 0 Å². The van der Waals surface area contributed by atoms with Crippen molar-refractivity contribution in [3.8, 4) is 5.75 Å². The number of benzene rings is 1. The summed E-state index contributed by atoms with van der Waals surface area (Å²) in [6.07, 6.45) is 3.56. The lowest BCUT2D eigenvalue weighted by atomic mass is 10.2. The van der Waals surface area contributed by atoms with E-state index in [-0.39, 0.29) is 0 Å². The number of aromatic nitrogens is 1. The Morgan fingerprint density at radius 3 is 2.83 bits per heavy atom. The summed E-state index contributed by atoms with van der Waals surface area (Å²) in [6.45, 7) is 0. The molecule has 0 fully saturated rings. The number of rotatable bonds is 1. The fourth-order valence-electron chi connectivity index (χ4n) is 1.25. The molecule has 0 amide bonds. The molecule has 12 heavy (non-hydrogen) atoms. The van der Waals surface area contributed by atoms with E-state index in [0.717, 1.165) is 16.5 Å². The maximum absolute atomic E-state index is 5.16. The summed E-state index contributed by atoms with van der Waals surface area (Å²) in [7, 11) is 1.66. The van der Waals surface area contributed by atoms with Crippen LogP contribution < -0.4 is 4.74 Å². The number of nitrogens with zero attached hydrogens (tertiary/aromatic N) is 1. The molecule has 2 heteroatoms. The Hall–Kier alpha value is -1.57. The van der Waals surface area contributed by atoms with E-state index in [9.17, 15) is 0 Å². The average Bonchev–Trinajstić information content (AvgIpc) is 2.17. The molecule has 0 atom stereocenters. The van der Waals surface area contributed by atoms with Crippen LogP contribution in [-0.2, 0) is 0 Å². The van der Waals surface area contributed by atoms with Gasteiger partial charge in [-0.1, -0.05) is 24.3 Å². The maximum atomic E-state index is 5.16. The van der Waals surface area contributed by atoms with Crippen LogP contribution in [-0.4, -0.2) is 12.1 Å². The quantitative estimate of drug-likeness (QED) is 0.636. The second-order valence-electron chi connectivity index (χ2n) is 2.56. The molecule has 0 saturated carbocycles. The van der Waals surface area contributed by atoms with Gasteiger partial charge in [-0.05, 0) is 0 Å². The summed E-state index contributed by atoms with van der Waals surface area (Å²) >= 11 is 0. The Kier molecular flexibility index (Phi) is 1.67. The van der Waals surface area contributed by atoms with Crippen LogP contribution in [0, 0.1) is 0 Å². The minimum Gasteiger partial charge on any atom is -0.494 e. The number of methoxy groups -OCH3 is 1. The summed E-state index contributed by atoms with van der Waals surface area (Å²) in [6, 6.07) is 8.02. The van der Waals surface area contributed by atoms with Crippen molar-refractivity contribution >= 4 is 10.8 Å². The monoisotopic (exact) mass is 159 g/mol. The highest BCUT2D eigenvalue weighted by molar-refractivity contribution is 5.87. The third-order valence-electron chi connectivity index (χ3n) is 1.85. The van der Waals surface area contributed by atoms with Gasteiger partial charge in [0.05, 0.1) is 13.3 Å². The van der Waals surface area contributed by atoms with Crippen LogP contribution in [0.2, 0.25) is 0 Å². The highest BCUT2D eigenvalue weighted by Crippen LogP contribution is 2.22. The molecular weight excluding hydrogens is 150 g/mol. The number of ether oxygens (including phenoxy) is 1. The van der Waals surface area contributed by atoms with Gasteiger partial charge >= 0.3 is 0 Å². The molecule has 0 radical (unpaired) electrons. The smallest absolute Gasteiger partial charge is 0.144 e. The van der Waals surface area contributed by atoms with Crippen molar-refractivity contribution in [2.24, 2.45) is 0 Å². The molecule has 0 aliphatic rings. The lowest BCUT2D eigenvalue weighted by Gasteiger charge is -2.02. The Balaban J connectivity index is 2.79. The first kappa shape index (κ1) is 7.10. The molecule has 60 valence electrons. The summed E-state index contributed by atoms with van der Waals surface area (Å²) < 4.78 is 5.16. The predicted octanol–water partition coefficient (Wildman–Crippen LogP) is 2.24. The van der Waals surface area contributed by atoms with Gasteiger partial charge in [0.2, 0.25) is 0 Å². The Bertz CT molecular complexity index is 392. The van der Waals surface area contributed by atoms with Crippen molar-refractivity contribution in [3.63, 3.8) is 0 Å². The van der Waals surface area contributed by atoms with Crippen LogP contribution in [0.4, 0.5) is 0 Å². The highest BCUT2D eigenvalue weighted by Gasteiger charge is 1.98. The third kappa shape index (κ3) is 1.01. The summed E-state index contributed by atoms with van der Waals surface area (Å²) in [5, 5.41) is 2.21. The van der Waals surface area contributed by atoms with Gasteiger partial charge in [-0.3, -0.25) is 4.98 Å². The minimum absolute atomic E-state index is 0.827. The van der Waals surface area contributed by atoms with E-state index in [0.29, 0.717) is 0 Å². The second-order valence-corrected chi connectivity index (χ2v) is 2.56. The topological polar surface area (TPSA) is 22.1 Å².